The third kappa shape index (κ3) is 3.83. The Balaban J connectivity index is 2.10. The van der Waals surface area contributed by atoms with E-state index in [0.717, 1.165) is 18.8 Å². The van der Waals surface area contributed by atoms with E-state index in [1.54, 1.807) is 0 Å². The summed E-state index contributed by atoms with van der Waals surface area (Å²) in [6, 6.07) is 1.01. The molecule has 1 saturated heterocycles. The minimum atomic E-state index is -0.704. The zero-order chi connectivity index (χ0) is 14.8. The Kier molecular flexibility index (Phi) is 5.66. The van der Waals surface area contributed by atoms with Crippen molar-refractivity contribution in [1.82, 2.24) is 10.2 Å². The molecular weight excluding hydrogens is 268 g/mol. The largest absolute Gasteiger partial charge is 0.308 e. The van der Waals surface area contributed by atoms with Crippen molar-refractivity contribution in [2.75, 3.05) is 25.1 Å². The molecule has 2 rings (SSSR count). The Hall–Kier alpha value is 0.0700. The topological polar surface area (TPSA) is 32.3 Å². The van der Waals surface area contributed by atoms with E-state index in [0.29, 0.717) is 23.5 Å². The van der Waals surface area contributed by atoms with Crippen molar-refractivity contribution in [3.05, 3.63) is 0 Å². The van der Waals surface area contributed by atoms with Gasteiger partial charge in [0, 0.05) is 53.5 Å². The smallest absolute Gasteiger partial charge is 0.0385 e. The van der Waals surface area contributed by atoms with Gasteiger partial charge < -0.3 is 5.32 Å². The Morgan fingerprint density at radius 2 is 1.90 bits per heavy atom. The fourth-order valence-corrected chi connectivity index (χ4v) is 4.93. The Morgan fingerprint density at radius 1 is 1.25 bits per heavy atom. The molecule has 0 amide bonds. The SMILES string of the molecule is CC(C)C1CNC2(CCCCC2)CN1C(C)CS(C)=O. The van der Waals surface area contributed by atoms with Crippen LogP contribution in [0.4, 0.5) is 0 Å². The number of nitrogens with one attached hydrogen (secondary N) is 1. The third-order valence-electron chi connectivity index (χ3n) is 5.22. The second-order valence-corrected chi connectivity index (χ2v) is 8.77. The van der Waals surface area contributed by atoms with Gasteiger partial charge in [-0.05, 0) is 25.7 Å². The number of hydrogen-bond acceptors (Lipinski definition) is 3. The molecular formula is C16H32N2OS. The van der Waals surface area contributed by atoms with E-state index in [1.807, 2.05) is 6.26 Å². The monoisotopic (exact) mass is 300 g/mol. The van der Waals surface area contributed by atoms with Crippen molar-refractivity contribution in [3.63, 3.8) is 0 Å². The van der Waals surface area contributed by atoms with Crippen LogP contribution in [0.1, 0.15) is 52.9 Å². The fraction of sp³-hybridized carbons (Fsp3) is 1.00. The predicted molar refractivity (Wildman–Crippen MR) is 87.5 cm³/mol. The zero-order valence-corrected chi connectivity index (χ0v) is 14.5. The molecule has 4 heteroatoms. The van der Waals surface area contributed by atoms with Gasteiger partial charge >= 0.3 is 0 Å². The molecule has 1 aliphatic heterocycles. The summed E-state index contributed by atoms with van der Waals surface area (Å²) in [4.78, 5) is 2.66. The van der Waals surface area contributed by atoms with Crippen LogP contribution in [0.15, 0.2) is 0 Å². The lowest BCUT2D eigenvalue weighted by Gasteiger charge is -2.52. The Labute approximate surface area is 127 Å². The molecule has 0 radical (unpaired) electrons. The van der Waals surface area contributed by atoms with Crippen LogP contribution in [0.3, 0.4) is 0 Å². The second kappa shape index (κ2) is 6.89. The molecule has 1 spiro atoms. The molecule has 2 aliphatic rings. The van der Waals surface area contributed by atoms with E-state index in [-0.39, 0.29) is 0 Å². The summed E-state index contributed by atoms with van der Waals surface area (Å²) in [5.41, 5.74) is 0.340. The van der Waals surface area contributed by atoms with Gasteiger partial charge in [0.15, 0.2) is 0 Å². The van der Waals surface area contributed by atoms with Gasteiger partial charge in [-0.25, -0.2) is 0 Å². The molecule has 1 aliphatic carbocycles. The summed E-state index contributed by atoms with van der Waals surface area (Å²) in [6.45, 7) is 9.13. The molecule has 0 aromatic carbocycles. The quantitative estimate of drug-likeness (QED) is 0.865. The average molecular weight is 301 g/mol. The van der Waals surface area contributed by atoms with E-state index in [9.17, 15) is 4.21 Å². The summed E-state index contributed by atoms with van der Waals surface area (Å²) in [6.07, 6.45) is 8.58. The van der Waals surface area contributed by atoms with Crippen LogP contribution in [-0.4, -0.2) is 51.8 Å². The summed E-state index contributed by atoms with van der Waals surface area (Å²) in [7, 11) is -0.704. The normalized spacial score (nSPS) is 30.6. The van der Waals surface area contributed by atoms with Crippen molar-refractivity contribution in [1.29, 1.82) is 0 Å². The van der Waals surface area contributed by atoms with E-state index in [4.69, 9.17) is 0 Å². The lowest BCUT2D eigenvalue weighted by Crippen LogP contribution is -2.67. The molecule has 20 heavy (non-hydrogen) atoms. The summed E-state index contributed by atoms with van der Waals surface area (Å²) in [5.74, 6) is 1.45. The van der Waals surface area contributed by atoms with Gasteiger partial charge in [0.2, 0.25) is 0 Å². The minimum absolute atomic E-state index is 0.340. The first-order valence-electron chi connectivity index (χ1n) is 8.24. The van der Waals surface area contributed by atoms with Crippen molar-refractivity contribution in [2.45, 2.75) is 70.5 Å². The van der Waals surface area contributed by atoms with Crippen LogP contribution in [0.5, 0.6) is 0 Å². The highest BCUT2D eigenvalue weighted by Gasteiger charge is 2.42. The third-order valence-corrected chi connectivity index (χ3v) is 6.17. The van der Waals surface area contributed by atoms with Crippen LogP contribution in [0, 0.1) is 5.92 Å². The summed E-state index contributed by atoms with van der Waals surface area (Å²) >= 11 is 0. The molecule has 1 heterocycles. The Morgan fingerprint density at radius 3 is 2.45 bits per heavy atom. The standard InChI is InChI=1S/C16H32N2OS/c1-13(2)15-10-17-16(8-6-5-7-9-16)12-18(15)14(3)11-20(4)19/h13-15,17H,5-12H2,1-4H3. The Bertz CT molecular complexity index is 339. The van der Waals surface area contributed by atoms with Crippen LogP contribution in [-0.2, 0) is 10.8 Å². The average Bonchev–Trinajstić information content (AvgIpc) is 2.38. The van der Waals surface area contributed by atoms with Crippen molar-refractivity contribution < 1.29 is 4.21 Å². The molecule has 0 aromatic rings. The maximum Gasteiger partial charge on any atom is 0.0385 e. The molecule has 3 nitrogen and oxygen atoms in total. The highest BCUT2D eigenvalue weighted by Crippen LogP contribution is 2.33. The van der Waals surface area contributed by atoms with E-state index in [1.165, 1.54) is 32.1 Å². The highest BCUT2D eigenvalue weighted by molar-refractivity contribution is 7.84. The first-order valence-corrected chi connectivity index (χ1v) is 9.97. The molecule has 1 saturated carbocycles. The maximum atomic E-state index is 11.6. The molecule has 118 valence electrons. The first-order chi connectivity index (χ1) is 9.43. The number of nitrogens with zero attached hydrogens (tertiary/aromatic N) is 1. The van der Waals surface area contributed by atoms with Gasteiger partial charge in [0.1, 0.15) is 0 Å². The van der Waals surface area contributed by atoms with Crippen LogP contribution in [0.25, 0.3) is 0 Å². The first kappa shape index (κ1) is 16.4. The van der Waals surface area contributed by atoms with Gasteiger partial charge in [-0.2, -0.15) is 0 Å². The van der Waals surface area contributed by atoms with Crippen molar-refractivity contribution in [3.8, 4) is 0 Å². The van der Waals surface area contributed by atoms with Gasteiger partial charge in [-0.3, -0.25) is 9.11 Å². The lowest BCUT2D eigenvalue weighted by atomic mass is 9.78. The number of hydrogen-bond donors (Lipinski definition) is 1. The molecule has 3 atom stereocenters. The molecule has 0 bridgehead atoms. The minimum Gasteiger partial charge on any atom is -0.308 e. The van der Waals surface area contributed by atoms with Crippen LogP contribution in [0.2, 0.25) is 0 Å². The predicted octanol–water partition coefficient (Wildman–Crippen LogP) is 2.39. The number of rotatable bonds is 4. The van der Waals surface area contributed by atoms with E-state index in [2.05, 4.69) is 31.0 Å². The summed E-state index contributed by atoms with van der Waals surface area (Å²) in [5, 5.41) is 3.89. The fourth-order valence-electron chi connectivity index (χ4n) is 4.06. The van der Waals surface area contributed by atoms with Crippen LogP contribution >= 0.6 is 0 Å². The van der Waals surface area contributed by atoms with Crippen molar-refractivity contribution >= 4 is 10.8 Å². The van der Waals surface area contributed by atoms with Gasteiger partial charge in [-0.15, -0.1) is 0 Å². The highest BCUT2D eigenvalue weighted by atomic mass is 32.2. The molecule has 1 N–H and O–H groups in total. The number of piperazine rings is 1. The van der Waals surface area contributed by atoms with Gasteiger partial charge in [0.05, 0.1) is 0 Å². The van der Waals surface area contributed by atoms with E-state index < -0.39 is 10.8 Å². The van der Waals surface area contributed by atoms with Gasteiger partial charge in [0.25, 0.3) is 0 Å². The van der Waals surface area contributed by atoms with Gasteiger partial charge in [-0.1, -0.05) is 33.1 Å². The lowest BCUT2D eigenvalue weighted by molar-refractivity contribution is 0.0168. The van der Waals surface area contributed by atoms with Crippen LogP contribution < -0.4 is 5.32 Å². The maximum absolute atomic E-state index is 11.6. The second-order valence-electron chi connectivity index (χ2n) is 7.29. The molecule has 2 fully saturated rings. The molecule has 0 aromatic heterocycles. The van der Waals surface area contributed by atoms with Crippen molar-refractivity contribution in [2.24, 2.45) is 5.92 Å². The zero-order valence-electron chi connectivity index (χ0n) is 13.7. The van der Waals surface area contributed by atoms with E-state index >= 15 is 0 Å². The summed E-state index contributed by atoms with van der Waals surface area (Å²) < 4.78 is 11.6. The molecule has 3 unspecified atom stereocenters.